The molecule has 3 rings (SSSR count). The van der Waals surface area contributed by atoms with E-state index in [9.17, 15) is 4.79 Å². The highest BCUT2D eigenvalue weighted by atomic mass is 16.1. The lowest BCUT2D eigenvalue weighted by molar-refractivity contribution is -0.120. The maximum atomic E-state index is 12.1. The number of nitrogens with one attached hydrogen (secondary N) is 2. The van der Waals surface area contributed by atoms with Crippen LogP contribution in [-0.4, -0.2) is 20.9 Å². The van der Waals surface area contributed by atoms with Gasteiger partial charge in [0.1, 0.15) is 0 Å². The average molecular weight is 242 g/mol. The van der Waals surface area contributed by atoms with Crippen LogP contribution in [0.1, 0.15) is 17.8 Å². The van der Waals surface area contributed by atoms with Gasteiger partial charge in [0.15, 0.2) is 0 Å². The molecule has 0 aromatic carbocycles. The third-order valence-electron chi connectivity index (χ3n) is 3.29. The molecule has 0 spiro atoms. The van der Waals surface area contributed by atoms with Crippen molar-refractivity contribution < 1.29 is 4.79 Å². The number of aryl methyl sites for hydroxylation is 1. The Morgan fingerprint density at radius 3 is 3.28 bits per heavy atom. The van der Waals surface area contributed by atoms with Gasteiger partial charge in [-0.05, 0) is 25.0 Å². The summed E-state index contributed by atoms with van der Waals surface area (Å²) in [4.78, 5) is 23.4. The summed E-state index contributed by atoms with van der Waals surface area (Å²) in [5, 5.41) is 2.90. The zero-order chi connectivity index (χ0) is 12.4. The Morgan fingerprint density at radius 2 is 2.44 bits per heavy atom. The van der Waals surface area contributed by atoms with Crippen LogP contribution in [0, 0.1) is 5.92 Å². The summed E-state index contributed by atoms with van der Waals surface area (Å²) in [7, 11) is 0. The zero-order valence-corrected chi connectivity index (χ0v) is 9.89. The van der Waals surface area contributed by atoms with Gasteiger partial charge in [0, 0.05) is 24.2 Å². The molecule has 0 aliphatic heterocycles. The van der Waals surface area contributed by atoms with Crippen molar-refractivity contribution in [3.05, 3.63) is 42.2 Å². The first-order valence-electron chi connectivity index (χ1n) is 6.05. The van der Waals surface area contributed by atoms with Crippen molar-refractivity contribution in [2.75, 3.05) is 5.32 Å². The number of carbonyl (C=O) groups excluding carboxylic acids is 1. The molecule has 0 fully saturated rings. The van der Waals surface area contributed by atoms with E-state index in [0.29, 0.717) is 0 Å². The molecule has 0 saturated heterocycles. The molecular weight excluding hydrogens is 228 g/mol. The van der Waals surface area contributed by atoms with Gasteiger partial charge >= 0.3 is 0 Å². The van der Waals surface area contributed by atoms with E-state index in [-0.39, 0.29) is 11.8 Å². The predicted molar refractivity (Wildman–Crippen MR) is 67.0 cm³/mol. The van der Waals surface area contributed by atoms with Gasteiger partial charge in [-0.15, -0.1) is 0 Å². The number of imidazole rings is 1. The molecule has 92 valence electrons. The van der Waals surface area contributed by atoms with E-state index in [1.165, 1.54) is 0 Å². The maximum absolute atomic E-state index is 12.1. The zero-order valence-electron chi connectivity index (χ0n) is 9.89. The minimum atomic E-state index is 0.0122. The monoisotopic (exact) mass is 242 g/mol. The lowest BCUT2D eigenvalue weighted by Gasteiger charge is -2.20. The Kier molecular flexibility index (Phi) is 2.80. The summed E-state index contributed by atoms with van der Waals surface area (Å²) < 4.78 is 0. The lowest BCUT2D eigenvalue weighted by atomic mass is 9.89. The number of fused-ring (bicyclic) bond motifs is 1. The van der Waals surface area contributed by atoms with Gasteiger partial charge in [-0.1, -0.05) is 0 Å². The highest BCUT2D eigenvalue weighted by Crippen LogP contribution is 2.23. The number of H-pyrrole nitrogens is 1. The van der Waals surface area contributed by atoms with Crippen molar-refractivity contribution in [1.29, 1.82) is 0 Å². The Bertz CT molecular complexity index is 549. The number of hydrogen-bond donors (Lipinski definition) is 2. The minimum absolute atomic E-state index is 0.0122. The molecular formula is C13H14N4O. The van der Waals surface area contributed by atoms with Crippen LogP contribution in [0.3, 0.4) is 0 Å². The quantitative estimate of drug-likeness (QED) is 0.839. The van der Waals surface area contributed by atoms with Crippen molar-refractivity contribution in [2.45, 2.75) is 19.3 Å². The van der Waals surface area contributed by atoms with E-state index in [0.717, 1.165) is 36.3 Å². The number of nitrogens with zero attached hydrogens (tertiary/aromatic N) is 2. The number of rotatable bonds is 2. The molecule has 2 aromatic heterocycles. The lowest BCUT2D eigenvalue weighted by Crippen LogP contribution is -2.28. The van der Waals surface area contributed by atoms with Gasteiger partial charge in [-0.25, -0.2) is 4.98 Å². The molecule has 0 saturated carbocycles. The van der Waals surface area contributed by atoms with Gasteiger partial charge in [-0.3, -0.25) is 9.78 Å². The average Bonchev–Trinajstić information content (AvgIpc) is 2.87. The van der Waals surface area contributed by atoms with E-state index in [4.69, 9.17) is 0 Å². The van der Waals surface area contributed by atoms with Gasteiger partial charge in [0.05, 0.1) is 23.9 Å². The summed E-state index contributed by atoms with van der Waals surface area (Å²) in [5.74, 6) is 0.0707. The van der Waals surface area contributed by atoms with E-state index in [1.54, 1.807) is 18.7 Å². The Morgan fingerprint density at radius 1 is 1.50 bits per heavy atom. The van der Waals surface area contributed by atoms with Gasteiger partial charge in [0.25, 0.3) is 0 Å². The van der Waals surface area contributed by atoms with Crippen LogP contribution in [-0.2, 0) is 17.6 Å². The third-order valence-corrected chi connectivity index (χ3v) is 3.29. The normalized spacial score (nSPS) is 18.1. The first kappa shape index (κ1) is 11.0. The number of aromatic nitrogens is 3. The van der Waals surface area contributed by atoms with E-state index in [1.807, 2.05) is 12.1 Å². The molecule has 1 amide bonds. The van der Waals surface area contributed by atoms with Crippen molar-refractivity contribution in [3.63, 3.8) is 0 Å². The van der Waals surface area contributed by atoms with Crippen molar-refractivity contribution in [2.24, 2.45) is 5.92 Å². The number of aromatic amines is 1. The second-order valence-electron chi connectivity index (χ2n) is 4.50. The van der Waals surface area contributed by atoms with E-state index < -0.39 is 0 Å². The first-order valence-corrected chi connectivity index (χ1v) is 6.05. The van der Waals surface area contributed by atoms with E-state index >= 15 is 0 Å². The highest BCUT2D eigenvalue weighted by molar-refractivity contribution is 5.92. The molecule has 2 heterocycles. The maximum Gasteiger partial charge on any atom is 0.227 e. The smallest absolute Gasteiger partial charge is 0.227 e. The summed E-state index contributed by atoms with van der Waals surface area (Å²) in [5.41, 5.74) is 2.94. The van der Waals surface area contributed by atoms with Crippen molar-refractivity contribution in [1.82, 2.24) is 15.0 Å². The van der Waals surface area contributed by atoms with Gasteiger partial charge < -0.3 is 10.3 Å². The summed E-state index contributed by atoms with van der Waals surface area (Å²) in [6.07, 6.45) is 7.50. The molecule has 2 N–H and O–H groups in total. The number of carbonyl (C=O) groups is 1. The molecule has 2 aromatic rings. The number of amides is 1. The molecule has 5 heteroatoms. The molecule has 0 bridgehead atoms. The third kappa shape index (κ3) is 2.11. The molecule has 18 heavy (non-hydrogen) atoms. The summed E-state index contributed by atoms with van der Waals surface area (Å²) >= 11 is 0. The second-order valence-corrected chi connectivity index (χ2v) is 4.50. The van der Waals surface area contributed by atoms with Crippen LogP contribution < -0.4 is 5.32 Å². The summed E-state index contributed by atoms with van der Waals surface area (Å²) in [6.45, 7) is 0. The Hall–Kier alpha value is -2.17. The molecule has 1 aliphatic rings. The first-order chi connectivity index (χ1) is 8.83. The van der Waals surface area contributed by atoms with Crippen LogP contribution in [0.15, 0.2) is 30.9 Å². The number of anilines is 1. The fourth-order valence-electron chi connectivity index (χ4n) is 2.31. The topological polar surface area (TPSA) is 70.7 Å². The van der Waals surface area contributed by atoms with E-state index in [2.05, 4.69) is 20.3 Å². The second kappa shape index (κ2) is 4.60. The van der Waals surface area contributed by atoms with Crippen LogP contribution >= 0.6 is 0 Å². The largest absolute Gasteiger partial charge is 0.348 e. The van der Waals surface area contributed by atoms with Crippen molar-refractivity contribution >= 4 is 11.6 Å². The molecule has 1 unspecified atom stereocenters. The number of hydrogen-bond acceptors (Lipinski definition) is 3. The molecule has 0 radical (unpaired) electrons. The van der Waals surface area contributed by atoms with Gasteiger partial charge in [-0.2, -0.15) is 0 Å². The molecule has 1 aliphatic carbocycles. The summed E-state index contributed by atoms with van der Waals surface area (Å²) in [6, 6.07) is 3.65. The predicted octanol–water partition coefficient (Wildman–Crippen LogP) is 1.55. The van der Waals surface area contributed by atoms with Crippen LogP contribution in [0.2, 0.25) is 0 Å². The Labute approximate surface area is 105 Å². The highest BCUT2D eigenvalue weighted by Gasteiger charge is 2.26. The van der Waals surface area contributed by atoms with Crippen LogP contribution in [0.5, 0.6) is 0 Å². The van der Waals surface area contributed by atoms with Crippen molar-refractivity contribution in [3.8, 4) is 0 Å². The fourth-order valence-corrected chi connectivity index (χ4v) is 2.31. The molecule has 5 nitrogen and oxygen atoms in total. The standard InChI is InChI=1S/C13H14N4O/c18-13(17-10-2-1-5-14-7-10)9-3-4-11-12(6-9)16-8-15-11/h1-2,5,7-9H,3-4,6H2,(H,15,16)(H,17,18). The fraction of sp³-hybridized carbons (Fsp3) is 0.308. The Balaban J connectivity index is 1.68. The SMILES string of the molecule is O=C(Nc1cccnc1)C1CCc2nc[nH]c2C1. The van der Waals surface area contributed by atoms with Gasteiger partial charge in [0.2, 0.25) is 5.91 Å². The van der Waals surface area contributed by atoms with Crippen LogP contribution in [0.25, 0.3) is 0 Å². The molecule has 1 atom stereocenters. The minimum Gasteiger partial charge on any atom is -0.348 e. The number of pyridine rings is 1. The van der Waals surface area contributed by atoms with Crippen LogP contribution in [0.4, 0.5) is 5.69 Å².